The summed E-state index contributed by atoms with van der Waals surface area (Å²) in [5.74, 6) is 0.124. The first-order valence-corrected chi connectivity index (χ1v) is 7.05. The van der Waals surface area contributed by atoms with E-state index in [0.29, 0.717) is 0 Å². The zero-order valence-corrected chi connectivity index (χ0v) is 12.2. The molecule has 1 amide bonds. The van der Waals surface area contributed by atoms with Crippen LogP contribution in [0.3, 0.4) is 0 Å². The fourth-order valence-corrected chi connectivity index (χ4v) is 2.97. The Labute approximate surface area is 120 Å². The molecule has 1 aliphatic heterocycles. The predicted molar refractivity (Wildman–Crippen MR) is 82.5 cm³/mol. The third-order valence-corrected chi connectivity index (χ3v) is 4.06. The smallest absolute Gasteiger partial charge is 0.258 e. The van der Waals surface area contributed by atoms with E-state index in [1.807, 2.05) is 30.9 Å². The van der Waals surface area contributed by atoms with Gasteiger partial charge in [-0.2, -0.15) is 0 Å². The summed E-state index contributed by atoms with van der Waals surface area (Å²) in [5, 5.41) is 0. The number of aryl methyl sites for hydroxylation is 3. The van der Waals surface area contributed by atoms with E-state index in [4.69, 9.17) is 0 Å². The van der Waals surface area contributed by atoms with Gasteiger partial charge in [-0.05, 0) is 49.9 Å². The number of para-hydroxylation sites is 1. The molecule has 3 rings (SSSR count). The average Bonchev–Trinajstić information content (AvgIpc) is 2.86. The molecule has 0 aliphatic carbocycles. The first kappa shape index (κ1) is 12.9. The molecule has 0 bridgehead atoms. The fraction of sp³-hybridized carbons (Fsp3) is 0.278. The second-order valence-electron chi connectivity index (χ2n) is 5.61. The lowest BCUT2D eigenvalue weighted by Gasteiger charge is -2.20. The van der Waals surface area contributed by atoms with Gasteiger partial charge in [0.2, 0.25) is 0 Å². The van der Waals surface area contributed by atoms with Gasteiger partial charge in [0.15, 0.2) is 0 Å². The number of amides is 1. The van der Waals surface area contributed by atoms with E-state index in [0.717, 1.165) is 35.3 Å². The van der Waals surface area contributed by atoms with E-state index in [1.54, 1.807) is 0 Å². The third kappa shape index (κ3) is 2.01. The highest BCUT2D eigenvalue weighted by Gasteiger charge is 2.27. The number of hydrogen-bond acceptors (Lipinski definition) is 1. The fourth-order valence-electron chi connectivity index (χ4n) is 2.97. The molecular formula is C18H19NO. The normalized spacial score (nSPS) is 13.4. The molecule has 1 aliphatic rings. The second kappa shape index (κ2) is 4.78. The van der Waals surface area contributed by atoms with Gasteiger partial charge in [0.25, 0.3) is 5.91 Å². The molecule has 2 aromatic carbocycles. The van der Waals surface area contributed by atoms with Crippen molar-refractivity contribution in [2.75, 3.05) is 11.4 Å². The Morgan fingerprint density at radius 1 is 1.05 bits per heavy atom. The van der Waals surface area contributed by atoms with Crippen molar-refractivity contribution >= 4 is 11.6 Å². The van der Waals surface area contributed by atoms with Crippen molar-refractivity contribution in [3.05, 3.63) is 64.2 Å². The summed E-state index contributed by atoms with van der Waals surface area (Å²) in [5.41, 5.74) is 6.56. The monoisotopic (exact) mass is 265 g/mol. The predicted octanol–water partition coefficient (Wildman–Crippen LogP) is 3.81. The number of benzene rings is 2. The molecule has 0 N–H and O–H groups in total. The maximum Gasteiger partial charge on any atom is 0.258 e. The van der Waals surface area contributed by atoms with Crippen molar-refractivity contribution in [3.8, 4) is 0 Å². The summed E-state index contributed by atoms with van der Waals surface area (Å²) in [6, 6.07) is 12.3. The topological polar surface area (TPSA) is 20.3 Å². The lowest BCUT2D eigenvalue weighted by Crippen LogP contribution is -2.30. The standard InChI is InChI=1S/C18H19NO/c1-12-7-8-13(2)16(11-12)18(20)19-10-9-15-6-4-5-14(3)17(15)19/h4-8,11H,9-10H2,1-3H3. The molecule has 2 heteroatoms. The highest BCUT2D eigenvalue weighted by atomic mass is 16.2. The van der Waals surface area contributed by atoms with Crippen LogP contribution in [-0.2, 0) is 6.42 Å². The first-order valence-electron chi connectivity index (χ1n) is 7.05. The van der Waals surface area contributed by atoms with Crippen LogP contribution in [0.4, 0.5) is 5.69 Å². The number of fused-ring (bicyclic) bond motifs is 1. The Morgan fingerprint density at radius 2 is 1.85 bits per heavy atom. The van der Waals surface area contributed by atoms with Crippen molar-refractivity contribution in [2.24, 2.45) is 0 Å². The molecule has 2 aromatic rings. The summed E-state index contributed by atoms with van der Waals surface area (Å²) in [6.07, 6.45) is 0.952. The van der Waals surface area contributed by atoms with E-state index in [9.17, 15) is 4.79 Å². The van der Waals surface area contributed by atoms with Crippen LogP contribution in [0.25, 0.3) is 0 Å². The zero-order valence-electron chi connectivity index (χ0n) is 12.2. The molecular weight excluding hydrogens is 246 g/mol. The van der Waals surface area contributed by atoms with Crippen LogP contribution in [-0.4, -0.2) is 12.5 Å². The maximum atomic E-state index is 12.9. The summed E-state index contributed by atoms with van der Waals surface area (Å²) in [4.78, 5) is 14.8. The molecule has 20 heavy (non-hydrogen) atoms. The van der Waals surface area contributed by atoms with E-state index in [-0.39, 0.29) is 5.91 Å². The molecule has 0 radical (unpaired) electrons. The molecule has 0 atom stereocenters. The number of carbonyl (C=O) groups is 1. The number of hydrogen-bond donors (Lipinski definition) is 0. The Hall–Kier alpha value is -2.09. The maximum absolute atomic E-state index is 12.9. The minimum Gasteiger partial charge on any atom is -0.307 e. The second-order valence-corrected chi connectivity index (χ2v) is 5.61. The van der Waals surface area contributed by atoms with E-state index in [1.165, 1.54) is 11.1 Å². The number of carbonyl (C=O) groups excluding carboxylic acids is 1. The van der Waals surface area contributed by atoms with Gasteiger partial charge in [-0.25, -0.2) is 0 Å². The highest BCUT2D eigenvalue weighted by Crippen LogP contribution is 2.32. The van der Waals surface area contributed by atoms with Crippen LogP contribution in [0.1, 0.15) is 32.6 Å². The SMILES string of the molecule is Cc1ccc(C)c(C(=O)N2CCc3cccc(C)c32)c1. The lowest BCUT2D eigenvalue weighted by atomic mass is 10.0. The van der Waals surface area contributed by atoms with Crippen LogP contribution >= 0.6 is 0 Å². The Morgan fingerprint density at radius 3 is 2.65 bits per heavy atom. The Bertz CT molecular complexity index is 688. The lowest BCUT2D eigenvalue weighted by molar-refractivity contribution is 0.0988. The highest BCUT2D eigenvalue weighted by molar-refractivity contribution is 6.08. The van der Waals surface area contributed by atoms with Crippen molar-refractivity contribution in [3.63, 3.8) is 0 Å². The van der Waals surface area contributed by atoms with Crippen LogP contribution < -0.4 is 4.90 Å². The molecule has 1 heterocycles. The first-order chi connectivity index (χ1) is 9.58. The van der Waals surface area contributed by atoms with Crippen molar-refractivity contribution in [1.29, 1.82) is 0 Å². The minimum atomic E-state index is 0.124. The zero-order chi connectivity index (χ0) is 14.3. The number of nitrogens with zero attached hydrogens (tertiary/aromatic N) is 1. The molecule has 0 unspecified atom stereocenters. The van der Waals surface area contributed by atoms with Gasteiger partial charge in [0.1, 0.15) is 0 Å². The Kier molecular flexibility index (Phi) is 3.09. The van der Waals surface area contributed by atoms with Gasteiger partial charge in [-0.3, -0.25) is 4.79 Å². The molecule has 0 spiro atoms. The van der Waals surface area contributed by atoms with E-state index < -0.39 is 0 Å². The van der Waals surface area contributed by atoms with Crippen molar-refractivity contribution < 1.29 is 4.79 Å². The van der Waals surface area contributed by atoms with Crippen LogP contribution in [0.15, 0.2) is 36.4 Å². The molecule has 2 nitrogen and oxygen atoms in total. The summed E-state index contributed by atoms with van der Waals surface area (Å²) in [6.45, 7) is 6.89. The Balaban J connectivity index is 2.04. The van der Waals surface area contributed by atoms with Gasteiger partial charge in [-0.1, -0.05) is 35.9 Å². The largest absolute Gasteiger partial charge is 0.307 e. The van der Waals surface area contributed by atoms with Gasteiger partial charge in [0, 0.05) is 12.1 Å². The quantitative estimate of drug-likeness (QED) is 0.767. The van der Waals surface area contributed by atoms with E-state index >= 15 is 0 Å². The summed E-state index contributed by atoms with van der Waals surface area (Å²) >= 11 is 0. The van der Waals surface area contributed by atoms with Crippen LogP contribution in [0.2, 0.25) is 0 Å². The number of rotatable bonds is 1. The minimum absolute atomic E-state index is 0.124. The van der Waals surface area contributed by atoms with Crippen LogP contribution in [0.5, 0.6) is 0 Å². The van der Waals surface area contributed by atoms with Crippen LogP contribution in [0, 0.1) is 20.8 Å². The van der Waals surface area contributed by atoms with Gasteiger partial charge in [-0.15, -0.1) is 0 Å². The summed E-state index contributed by atoms with van der Waals surface area (Å²) < 4.78 is 0. The molecule has 0 saturated carbocycles. The molecule has 0 aromatic heterocycles. The molecule has 0 saturated heterocycles. The van der Waals surface area contributed by atoms with Gasteiger partial charge >= 0.3 is 0 Å². The van der Waals surface area contributed by atoms with E-state index in [2.05, 4.69) is 31.2 Å². The van der Waals surface area contributed by atoms with Gasteiger partial charge < -0.3 is 4.90 Å². The number of anilines is 1. The summed E-state index contributed by atoms with van der Waals surface area (Å²) in [7, 11) is 0. The molecule has 102 valence electrons. The molecule has 0 fully saturated rings. The third-order valence-electron chi connectivity index (χ3n) is 4.06. The average molecular weight is 265 g/mol. The van der Waals surface area contributed by atoms with Gasteiger partial charge in [0.05, 0.1) is 5.69 Å². The van der Waals surface area contributed by atoms with Crippen molar-refractivity contribution in [1.82, 2.24) is 0 Å². The van der Waals surface area contributed by atoms with Crippen molar-refractivity contribution in [2.45, 2.75) is 27.2 Å².